The molecule has 0 aliphatic rings. The molecule has 4 heteroatoms. The van der Waals surface area contributed by atoms with Crippen molar-refractivity contribution in [1.29, 1.82) is 0 Å². The highest BCUT2D eigenvalue weighted by atomic mass is 16.6. The van der Waals surface area contributed by atoms with E-state index < -0.39 is 4.92 Å². The summed E-state index contributed by atoms with van der Waals surface area (Å²) in [6, 6.07) is 6.44. The van der Waals surface area contributed by atoms with E-state index in [2.05, 4.69) is 4.99 Å². The number of nitro groups is 1. The lowest BCUT2D eigenvalue weighted by atomic mass is 10.1. The van der Waals surface area contributed by atoms with Gasteiger partial charge in [-0.15, -0.1) is 0 Å². The van der Waals surface area contributed by atoms with Crippen LogP contribution in [0.5, 0.6) is 0 Å². The van der Waals surface area contributed by atoms with Crippen LogP contribution in [0.3, 0.4) is 0 Å². The Morgan fingerprint density at radius 3 is 2.12 bits per heavy atom. The number of nitrogens with zero attached hydrogens (tertiary/aromatic N) is 2. The number of benzene rings is 1. The van der Waals surface area contributed by atoms with E-state index in [0.29, 0.717) is 0 Å². The van der Waals surface area contributed by atoms with E-state index in [9.17, 15) is 10.1 Å². The summed E-state index contributed by atoms with van der Waals surface area (Å²) in [5, 5.41) is 10.5. The van der Waals surface area contributed by atoms with Gasteiger partial charge in [-0.05, 0) is 45.4 Å². The predicted octanol–water partition coefficient (Wildman–Crippen LogP) is 3.20. The van der Waals surface area contributed by atoms with Gasteiger partial charge in [-0.25, -0.2) is 0 Å². The van der Waals surface area contributed by atoms with Crippen LogP contribution >= 0.6 is 0 Å². The molecule has 0 aliphatic heterocycles. The molecule has 0 aliphatic carbocycles. The summed E-state index contributed by atoms with van der Waals surface area (Å²) in [7, 11) is 0. The van der Waals surface area contributed by atoms with Crippen LogP contribution in [0.25, 0.3) is 0 Å². The van der Waals surface area contributed by atoms with Gasteiger partial charge in [0.25, 0.3) is 5.69 Å². The molecule has 0 heterocycles. The van der Waals surface area contributed by atoms with Crippen molar-refractivity contribution in [2.45, 2.75) is 33.2 Å². The maximum atomic E-state index is 10.5. The first-order valence-electron chi connectivity index (χ1n) is 5.11. The summed E-state index contributed by atoms with van der Waals surface area (Å²) in [6.45, 7) is 7.96. The Kier molecular flexibility index (Phi) is 3.42. The summed E-state index contributed by atoms with van der Waals surface area (Å²) < 4.78 is 0. The molecule has 16 heavy (non-hydrogen) atoms. The number of rotatable bonds is 2. The summed E-state index contributed by atoms with van der Waals surface area (Å²) in [5.41, 5.74) is 1.78. The van der Waals surface area contributed by atoms with Crippen LogP contribution in [-0.2, 0) is 0 Å². The molecule has 1 rings (SSSR count). The summed E-state index contributed by atoms with van der Waals surface area (Å²) in [6.07, 6.45) is 0. The average Bonchev–Trinajstić information content (AvgIpc) is 2.15. The Morgan fingerprint density at radius 1 is 1.25 bits per heavy atom. The van der Waals surface area contributed by atoms with Crippen molar-refractivity contribution in [1.82, 2.24) is 0 Å². The van der Waals surface area contributed by atoms with Crippen molar-refractivity contribution in [3.05, 3.63) is 39.9 Å². The molecular formula is C12H16N2O2. The minimum Gasteiger partial charge on any atom is -0.284 e. The van der Waals surface area contributed by atoms with E-state index in [4.69, 9.17) is 0 Å². The van der Waals surface area contributed by atoms with Crippen molar-refractivity contribution in [3.63, 3.8) is 0 Å². The lowest BCUT2D eigenvalue weighted by Gasteiger charge is -2.14. The number of hydrogen-bond donors (Lipinski definition) is 0. The highest BCUT2D eigenvalue weighted by molar-refractivity contribution is 5.99. The number of nitro benzene ring substituents is 1. The van der Waals surface area contributed by atoms with Crippen LogP contribution in [0.15, 0.2) is 29.3 Å². The second kappa shape index (κ2) is 4.43. The second-order valence-corrected chi connectivity index (χ2v) is 4.67. The fraction of sp³-hybridized carbons (Fsp3) is 0.417. The van der Waals surface area contributed by atoms with Crippen molar-refractivity contribution < 1.29 is 4.92 Å². The first-order valence-corrected chi connectivity index (χ1v) is 5.11. The van der Waals surface area contributed by atoms with Crippen molar-refractivity contribution >= 4 is 11.4 Å². The molecule has 0 saturated heterocycles. The smallest absolute Gasteiger partial charge is 0.269 e. The van der Waals surface area contributed by atoms with Gasteiger partial charge in [-0.2, -0.15) is 0 Å². The normalized spacial score (nSPS) is 12.6. The standard InChI is InChI=1S/C12H16N2O2/c1-9(13-12(2,3)4)10-5-7-11(8-6-10)14(15)16/h5-8H,1-4H3. The van der Waals surface area contributed by atoms with E-state index in [1.165, 1.54) is 12.1 Å². The van der Waals surface area contributed by atoms with Gasteiger partial charge in [-0.1, -0.05) is 0 Å². The zero-order valence-electron chi connectivity index (χ0n) is 10.0. The lowest BCUT2D eigenvalue weighted by molar-refractivity contribution is -0.384. The van der Waals surface area contributed by atoms with Crippen LogP contribution < -0.4 is 0 Å². The van der Waals surface area contributed by atoms with Crippen LogP contribution in [-0.4, -0.2) is 16.2 Å². The SMILES string of the molecule is CC(=NC(C)(C)C)c1ccc([N+](=O)[O-])cc1. The predicted molar refractivity (Wildman–Crippen MR) is 65.1 cm³/mol. The van der Waals surface area contributed by atoms with Gasteiger partial charge in [0.1, 0.15) is 0 Å². The van der Waals surface area contributed by atoms with Crippen LogP contribution in [0.4, 0.5) is 5.69 Å². The number of non-ortho nitro benzene ring substituents is 1. The van der Waals surface area contributed by atoms with Crippen LogP contribution in [0, 0.1) is 10.1 Å². The Bertz CT molecular complexity index is 414. The van der Waals surface area contributed by atoms with E-state index in [0.717, 1.165) is 11.3 Å². The van der Waals surface area contributed by atoms with E-state index in [1.807, 2.05) is 27.7 Å². The molecule has 0 unspecified atom stereocenters. The van der Waals surface area contributed by atoms with Crippen LogP contribution in [0.1, 0.15) is 33.3 Å². The van der Waals surface area contributed by atoms with Gasteiger partial charge in [0, 0.05) is 17.8 Å². The van der Waals surface area contributed by atoms with Crippen molar-refractivity contribution in [2.24, 2.45) is 4.99 Å². The molecule has 0 amide bonds. The number of hydrogen-bond acceptors (Lipinski definition) is 3. The van der Waals surface area contributed by atoms with E-state index >= 15 is 0 Å². The molecule has 0 fully saturated rings. The molecule has 0 bridgehead atoms. The van der Waals surface area contributed by atoms with Gasteiger partial charge >= 0.3 is 0 Å². The third kappa shape index (κ3) is 3.46. The molecule has 1 aromatic rings. The largest absolute Gasteiger partial charge is 0.284 e. The highest BCUT2D eigenvalue weighted by Crippen LogP contribution is 2.15. The zero-order valence-corrected chi connectivity index (χ0v) is 10.0. The summed E-state index contributed by atoms with van der Waals surface area (Å²) in [4.78, 5) is 14.6. The summed E-state index contributed by atoms with van der Waals surface area (Å²) in [5.74, 6) is 0. The molecule has 0 saturated carbocycles. The Morgan fingerprint density at radius 2 is 1.75 bits per heavy atom. The van der Waals surface area contributed by atoms with E-state index in [-0.39, 0.29) is 11.2 Å². The fourth-order valence-corrected chi connectivity index (χ4v) is 1.39. The highest BCUT2D eigenvalue weighted by Gasteiger charge is 2.10. The minimum absolute atomic E-state index is 0.104. The molecule has 0 atom stereocenters. The molecule has 86 valence electrons. The van der Waals surface area contributed by atoms with Crippen molar-refractivity contribution in [2.75, 3.05) is 0 Å². The number of aliphatic imine (C=N–C) groups is 1. The van der Waals surface area contributed by atoms with Gasteiger partial charge in [0.15, 0.2) is 0 Å². The third-order valence-corrected chi connectivity index (χ3v) is 2.00. The Balaban J connectivity index is 2.99. The monoisotopic (exact) mass is 220 g/mol. The van der Waals surface area contributed by atoms with Gasteiger partial charge in [0.05, 0.1) is 10.5 Å². The average molecular weight is 220 g/mol. The quantitative estimate of drug-likeness (QED) is 0.436. The topological polar surface area (TPSA) is 55.5 Å². The van der Waals surface area contributed by atoms with Gasteiger partial charge < -0.3 is 0 Å². The van der Waals surface area contributed by atoms with E-state index in [1.54, 1.807) is 12.1 Å². The molecule has 0 N–H and O–H groups in total. The second-order valence-electron chi connectivity index (χ2n) is 4.67. The first kappa shape index (κ1) is 12.4. The molecule has 0 radical (unpaired) electrons. The Labute approximate surface area is 95.2 Å². The maximum absolute atomic E-state index is 10.5. The first-order chi connectivity index (χ1) is 7.29. The van der Waals surface area contributed by atoms with Gasteiger partial charge in [-0.3, -0.25) is 15.1 Å². The molecule has 0 aromatic heterocycles. The lowest BCUT2D eigenvalue weighted by Crippen LogP contribution is -2.13. The molecule has 1 aromatic carbocycles. The third-order valence-electron chi connectivity index (χ3n) is 2.00. The van der Waals surface area contributed by atoms with Crippen LogP contribution in [0.2, 0.25) is 0 Å². The molecular weight excluding hydrogens is 204 g/mol. The zero-order chi connectivity index (χ0) is 12.3. The fourth-order valence-electron chi connectivity index (χ4n) is 1.39. The molecule has 0 spiro atoms. The minimum atomic E-state index is -0.403. The molecule has 4 nitrogen and oxygen atoms in total. The Hall–Kier alpha value is -1.71. The van der Waals surface area contributed by atoms with Gasteiger partial charge in [0.2, 0.25) is 0 Å². The summed E-state index contributed by atoms with van der Waals surface area (Å²) >= 11 is 0. The van der Waals surface area contributed by atoms with Crippen molar-refractivity contribution in [3.8, 4) is 0 Å². The maximum Gasteiger partial charge on any atom is 0.269 e.